The summed E-state index contributed by atoms with van der Waals surface area (Å²) >= 11 is 0. The van der Waals surface area contributed by atoms with Crippen molar-refractivity contribution in [2.45, 2.75) is 25.5 Å². The van der Waals surface area contributed by atoms with Crippen LogP contribution in [0.25, 0.3) is 0 Å². The lowest BCUT2D eigenvalue weighted by molar-refractivity contribution is -0.133. The normalized spacial score (nSPS) is 29.7. The summed E-state index contributed by atoms with van der Waals surface area (Å²) in [4.78, 5) is 17.5. The third-order valence-corrected chi connectivity index (χ3v) is 3.31. The van der Waals surface area contributed by atoms with Crippen molar-refractivity contribution in [1.29, 1.82) is 0 Å². The summed E-state index contributed by atoms with van der Waals surface area (Å²) in [7, 11) is 0. The Balaban J connectivity index is 1.97. The minimum Gasteiger partial charge on any atom is -0.373 e. The molecule has 1 N–H and O–H groups in total. The van der Waals surface area contributed by atoms with Gasteiger partial charge in [-0.3, -0.25) is 9.79 Å². The summed E-state index contributed by atoms with van der Waals surface area (Å²) in [5, 5.41) is 3.43. The van der Waals surface area contributed by atoms with E-state index in [1.807, 2.05) is 4.90 Å². The lowest BCUT2D eigenvalue weighted by atomic mass is 10.00. The zero-order valence-electron chi connectivity index (χ0n) is 10.2. The Morgan fingerprint density at radius 1 is 1.65 bits per heavy atom. The first kappa shape index (κ1) is 12.3. The maximum Gasteiger partial charge on any atom is 0.251 e. The quantitative estimate of drug-likeness (QED) is 0.550. The number of hydrogen-bond donors (Lipinski definition) is 1. The predicted octanol–water partition coefficient (Wildman–Crippen LogP) is 0.180. The molecule has 0 saturated carbocycles. The molecule has 2 heterocycles. The molecular formula is C12H19N3O2. The monoisotopic (exact) mass is 237 g/mol. The SMILES string of the molecule is C=NC=C(C)C(=O)N1CCC2NCCOC2C1. The molecule has 5 heteroatoms. The lowest BCUT2D eigenvalue weighted by Gasteiger charge is -2.41. The minimum atomic E-state index is 0.0324. The van der Waals surface area contributed by atoms with E-state index in [1.54, 1.807) is 6.92 Å². The van der Waals surface area contributed by atoms with Gasteiger partial charge in [0.05, 0.1) is 12.7 Å². The maximum absolute atomic E-state index is 12.1. The number of nitrogens with zero attached hydrogens (tertiary/aromatic N) is 2. The summed E-state index contributed by atoms with van der Waals surface area (Å²) < 4.78 is 5.69. The molecule has 2 rings (SSSR count). The number of carbonyl (C=O) groups is 1. The van der Waals surface area contributed by atoms with Gasteiger partial charge in [-0.1, -0.05) is 0 Å². The van der Waals surface area contributed by atoms with Crippen molar-refractivity contribution in [1.82, 2.24) is 10.2 Å². The van der Waals surface area contributed by atoms with E-state index in [4.69, 9.17) is 4.74 Å². The third kappa shape index (κ3) is 2.73. The van der Waals surface area contributed by atoms with E-state index in [0.717, 1.165) is 26.1 Å². The van der Waals surface area contributed by atoms with Crippen molar-refractivity contribution in [3.8, 4) is 0 Å². The molecule has 0 spiro atoms. The maximum atomic E-state index is 12.1. The highest BCUT2D eigenvalue weighted by Gasteiger charge is 2.33. The number of aliphatic imine (C=N–C) groups is 1. The average Bonchev–Trinajstić information content (AvgIpc) is 2.37. The summed E-state index contributed by atoms with van der Waals surface area (Å²) in [5.41, 5.74) is 0.627. The van der Waals surface area contributed by atoms with Gasteiger partial charge in [0.2, 0.25) is 0 Å². The molecule has 0 radical (unpaired) electrons. The number of fused-ring (bicyclic) bond motifs is 1. The molecule has 1 amide bonds. The van der Waals surface area contributed by atoms with Gasteiger partial charge in [0.1, 0.15) is 0 Å². The number of likely N-dealkylation sites (tertiary alicyclic amines) is 1. The number of piperidine rings is 1. The molecule has 2 unspecified atom stereocenters. The van der Waals surface area contributed by atoms with Gasteiger partial charge in [0.25, 0.3) is 5.91 Å². The number of hydrogen-bond acceptors (Lipinski definition) is 4. The van der Waals surface area contributed by atoms with Gasteiger partial charge in [0, 0.05) is 37.4 Å². The fourth-order valence-corrected chi connectivity index (χ4v) is 2.40. The van der Waals surface area contributed by atoms with E-state index >= 15 is 0 Å². The molecule has 0 bridgehead atoms. The topological polar surface area (TPSA) is 53.9 Å². The van der Waals surface area contributed by atoms with Crippen molar-refractivity contribution in [2.75, 3.05) is 26.2 Å². The molecular weight excluding hydrogens is 218 g/mol. The van der Waals surface area contributed by atoms with Gasteiger partial charge in [-0.05, 0) is 20.1 Å². The van der Waals surface area contributed by atoms with Crippen LogP contribution in [0.15, 0.2) is 16.8 Å². The number of carbonyl (C=O) groups excluding carboxylic acids is 1. The molecule has 2 saturated heterocycles. The molecule has 0 aromatic carbocycles. The summed E-state index contributed by atoms with van der Waals surface area (Å²) in [6.07, 6.45) is 2.59. The zero-order chi connectivity index (χ0) is 12.3. The van der Waals surface area contributed by atoms with E-state index in [-0.39, 0.29) is 12.0 Å². The van der Waals surface area contributed by atoms with E-state index in [0.29, 0.717) is 18.2 Å². The Morgan fingerprint density at radius 3 is 3.24 bits per heavy atom. The van der Waals surface area contributed by atoms with Gasteiger partial charge in [0.15, 0.2) is 0 Å². The first-order valence-corrected chi connectivity index (χ1v) is 5.99. The number of nitrogens with one attached hydrogen (secondary N) is 1. The van der Waals surface area contributed by atoms with E-state index in [9.17, 15) is 4.79 Å². The van der Waals surface area contributed by atoms with E-state index < -0.39 is 0 Å². The Hall–Kier alpha value is -1.20. The van der Waals surface area contributed by atoms with Crippen molar-refractivity contribution < 1.29 is 9.53 Å². The van der Waals surface area contributed by atoms with Crippen LogP contribution in [-0.2, 0) is 9.53 Å². The lowest BCUT2D eigenvalue weighted by Crippen LogP contribution is -2.58. The molecule has 5 nitrogen and oxygen atoms in total. The number of amides is 1. The van der Waals surface area contributed by atoms with Gasteiger partial charge >= 0.3 is 0 Å². The third-order valence-electron chi connectivity index (χ3n) is 3.31. The molecule has 2 aliphatic heterocycles. The molecule has 0 aromatic heterocycles. The summed E-state index contributed by atoms with van der Waals surface area (Å²) in [5.74, 6) is 0.0324. The fourth-order valence-electron chi connectivity index (χ4n) is 2.40. The standard InChI is InChI=1S/C12H19N3O2/c1-9(7-13-2)12(16)15-5-3-10-11(8-15)17-6-4-14-10/h7,10-11,14H,2-6,8H2,1H3. The van der Waals surface area contributed by atoms with Crippen LogP contribution in [0, 0.1) is 0 Å². The molecule has 2 fully saturated rings. The Bertz CT molecular complexity index is 341. The Labute approximate surface area is 102 Å². The van der Waals surface area contributed by atoms with Crippen LogP contribution in [0.3, 0.4) is 0 Å². The number of rotatable bonds is 2. The van der Waals surface area contributed by atoms with Crippen LogP contribution >= 0.6 is 0 Å². The number of morpholine rings is 1. The highest BCUT2D eigenvalue weighted by Crippen LogP contribution is 2.18. The summed E-state index contributed by atoms with van der Waals surface area (Å²) in [6, 6.07) is 0.398. The van der Waals surface area contributed by atoms with Gasteiger partial charge in [-0.15, -0.1) is 0 Å². The van der Waals surface area contributed by atoms with Crippen LogP contribution in [-0.4, -0.2) is 55.9 Å². The highest BCUT2D eigenvalue weighted by atomic mass is 16.5. The van der Waals surface area contributed by atoms with Crippen LogP contribution < -0.4 is 5.32 Å². The van der Waals surface area contributed by atoms with Gasteiger partial charge in [-0.2, -0.15) is 0 Å². The smallest absolute Gasteiger partial charge is 0.251 e. The van der Waals surface area contributed by atoms with Crippen LogP contribution in [0.5, 0.6) is 0 Å². The van der Waals surface area contributed by atoms with E-state index in [1.165, 1.54) is 6.20 Å². The first-order valence-electron chi connectivity index (χ1n) is 5.99. The number of ether oxygens (including phenoxy) is 1. The van der Waals surface area contributed by atoms with Gasteiger partial charge < -0.3 is 15.0 Å². The highest BCUT2D eigenvalue weighted by molar-refractivity contribution is 5.92. The van der Waals surface area contributed by atoms with Crippen LogP contribution in [0.2, 0.25) is 0 Å². The minimum absolute atomic E-state index is 0.0324. The van der Waals surface area contributed by atoms with Gasteiger partial charge in [-0.25, -0.2) is 0 Å². The van der Waals surface area contributed by atoms with Crippen LogP contribution in [0.4, 0.5) is 0 Å². The van der Waals surface area contributed by atoms with Crippen molar-refractivity contribution >= 4 is 12.6 Å². The van der Waals surface area contributed by atoms with Crippen molar-refractivity contribution in [2.24, 2.45) is 4.99 Å². The molecule has 2 aliphatic rings. The van der Waals surface area contributed by atoms with E-state index in [2.05, 4.69) is 17.0 Å². The first-order chi connectivity index (χ1) is 8.22. The second-order valence-corrected chi connectivity index (χ2v) is 4.50. The molecule has 94 valence electrons. The fraction of sp³-hybridized carbons (Fsp3) is 0.667. The summed E-state index contributed by atoms with van der Waals surface area (Å²) in [6.45, 7) is 8.21. The Morgan fingerprint density at radius 2 is 2.47 bits per heavy atom. The predicted molar refractivity (Wildman–Crippen MR) is 66.0 cm³/mol. The van der Waals surface area contributed by atoms with Crippen molar-refractivity contribution in [3.05, 3.63) is 11.8 Å². The second kappa shape index (κ2) is 5.42. The largest absolute Gasteiger partial charge is 0.373 e. The second-order valence-electron chi connectivity index (χ2n) is 4.50. The zero-order valence-corrected chi connectivity index (χ0v) is 10.2. The van der Waals surface area contributed by atoms with Crippen molar-refractivity contribution in [3.63, 3.8) is 0 Å². The molecule has 0 aliphatic carbocycles. The molecule has 2 atom stereocenters. The molecule has 17 heavy (non-hydrogen) atoms. The molecule has 0 aromatic rings. The Kier molecular flexibility index (Phi) is 3.91. The average molecular weight is 237 g/mol. The van der Waals surface area contributed by atoms with Crippen LogP contribution in [0.1, 0.15) is 13.3 Å².